The van der Waals surface area contributed by atoms with Crippen molar-refractivity contribution in [2.24, 2.45) is 62.6 Å². The molecule has 6 aliphatic rings. The van der Waals surface area contributed by atoms with E-state index < -0.39 is 5.79 Å². The van der Waals surface area contributed by atoms with Gasteiger partial charge in [0.15, 0.2) is 5.79 Å². The summed E-state index contributed by atoms with van der Waals surface area (Å²) >= 11 is 0. The zero-order chi connectivity index (χ0) is 28.4. The lowest BCUT2D eigenvalue weighted by molar-refractivity contribution is -0.361. The quantitative estimate of drug-likeness (QED) is 0.248. The molecule has 0 aromatic rings. The minimum absolute atomic E-state index is 0.0497. The monoisotopic (exact) mass is 540 g/mol. The van der Waals surface area contributed by atoms with Gasteiger partial charge in [-0.05, 0) is 117 Å². The van der Waals surface area contributed by atoms with E-state index in [0.29, 0.717) is 35.5 Å². The zero-order valence-electron chi connectivity index (χ0n) is 26.6. The highest BCUT2D eigenvalue weighted by atomic mass is 16.7. The van der Waals surface area contributed by atoms with Crippen LogP contribution in [0.25, 0.3) is 0 Å². The Balaban J connectivity index is 1.42. The van der Waals surface area contributed by atoms with Crippen LogP contribution in [0.4, 0.5) is 0 Å². The molecule has 0 aromatic carbocycles. The standard InChI is InChI=1S/C35H56O4/c1-21-13-16-35(29(36)37-10)18-17-33(8)24(27(35)23(21)3)11-12-26-31(6)19-22(2)28-32(7,20-38-30(4,5)39-28)25(31)14-15-34(26,33)9/h11,21-23,25-28H,12-20H2,1-10H3/t21-,22-,23+,25?,26?,27?,28?,31+,32+,33-,34-,35?/m1/s1. The maximum Gasteiger partial charge on any atom is 0.312 e. The third-order valence-electron chi connectivity index (χ3n) is 14.7. The Kier molecular flexibility index (Phi) is 6.22. The predicted molar refractivity (Wildman–Crippen MR) is 155 cm³/mol. The third kappa shape index (κ3) is 3.46. The molecule has 5 fully saturated rings. The molecule has 0 aromatic heterocycles. The Morgan fingerprint density at radius 1 is 0.897 bits per heavy atom. The summed E-state index contributed by atoms with van der Waals surface area (Å²) in [5.74, 6) is 2.76. The zero-order valence-corrected chi connectivity index (χ0v) is 26.6. The van der Waals surface area contributed by atoms with E-state index in [9.17, 15) is 4.79 Å². The summed E-state index contributed by atoms with van der Waals surface area (Å²) in [5, 5.41) is 0. The maximum absolute atomic E-state index is 13.5. The van der Waals surface area contributed by atoms with E-state index in [4.69, 9.17) is 14.2 Å². The number of esters is 1. The smallest absolute Gasteiger partial charge is 0.312 e. The lowest BCUT2D eigenvalue weighted by Crippen LogP contribution is -2.69. The van der Waals surface area contributed by atoms with Gasteiger partial charge in [0.1, 0.15) is 0 Å². The number of rotatable bonds is 1. The summed E-state index contributed by atoms with van der Waals surface area (Å²) in [6.45, 7) is 22.7. The van der Waals surface area contributed by atoms with Crippen molar-refractivity contribution in [1.82, 2.24) is 0 Å². The fraction of sp³-hybridized carbons (Fsp3) is 0.914. The van der Waals surface area contributed by atoms with Crippen LogP contribution in [0.1, 0.15) is 114 Å². The van der Waals surface area contributed by atoms with E-state index in [0.717, 1.165) is 38.7 Å². The number of fused-ring (bicyclic) bond motifs is 9. The molecule has 0 radical (unpaired) electrons. The highest BCUT2D eigenvalue weighted by Gasteiger charge is 2.71. The van der Waals surface area contributed by atoms with Crippen molar-refractivity contribution in [3.63, 3.8) is 0 Å². The molecular weight excluding hydrogens is 484 g/mol. The van der Waals surface area contributed by atoms with Crippen LogP contribution in [0, 0.1) is 62.6 Å². The van der Waals surface area contributed by atoms with Crippen LogP contribution in [0.15, 0.2) is 11.6 Å². The third-order valence-corrected chi connectivity index (χ3v) is 14.7. The summed E-state index contributed by atoms with van der Waals surface area (Å²) in [4.78, 5) is 13.5. The number of hydrogen-bond acceptors (Lipinski definition) is 4. The second kappa shape index (κ2) is 8.59. The molecule has 4 saturated carbocycles. The van der Waals surface area contributed by atoms with E-state index in [-0.39, 0.29) is 39.1 Å². The Morgan fingerprint density at radius 3 is 2.31 bits per heavy atom. The van der Waals surface area contributed by atoms with Gasteiger partial charge in [0, 0.05) is 5.41 Å². The van der Waals surface area contributed by atoms with E-state index in [2.05, 4.69) is 68.4 Å². The molecule has 1 heterocycles. The lowest BCUT2D eigenvalue weighted by atomic mass is 9.32. The molecular formula is C35H56O4. The van der Waals surface area contributed by atoms with Gasteiger partial charge in [-0.15, -0.1) is 0 Å². The average molecular weight is 541 g/mol. The van der Waals surface area contributed by atoms with Gasteiger partial charge in [-0.2, -0.15) is 0 Å². The van der Waals surface area contributed by atoms with Crippen LogP contribution in [0.2, 0.25) is 0 Å². The fourth-order valence-corrected chi connectivity index (χ4v) is 12.5. The van der Waals surface area contributed by atoms with Crippen molar-refractivity contribution < 1.29 is 19.0 Å². The molecule has 1 aliphatic heterocycles. The van der Waals surface area contributed by atoms with Crippen molar-refractivity contribution in [2.75, 3.05) is 13.7 Å². The SMILES string of the molecule is COC(=O)C12CC[C@@H](C)[C@H](C)C1C1=CCC3[C@@]4(C)C[C@@H](C)C5OC(C)(C)OC[C@@]5(C)C4CC[C@@]3(C)[C@]1(C)CC2. The van der Waals surface area contributed by atoms with Gasteiger partial charge in [0.25, 0.3) is 0 Å². The highest BCUT2D eigenvalue weighted by molar-refractivity contribution is 5.78. The van der Waals surface area contributed by atoms with Crippen molar-refractivity contribution in [1.29, 1.82) is 0 Å². The first-order valence-electron chi connectivity index (χ1n) is 16.2. The van der Waals surface area contributed by atoms with Gasteiger partial charge in [-0.3, -0.25) is 4.79 Å². The van der Waals surface area contributed by atoms with E-state index in [1.54, 1.807) is 12.7 Å². The first-order chi connectivity index (χ1) is 18.1. The Bertz CT molecular complexity index is 1060. The van der Waals surface area contributed by atoms with Gasteiger partial charge >= 0.3 is 5.97 Å². The van der Waals surface area contributed by atoms with Crippen molar-refractivity contribution >= 4 is 5.97 Å². The molecule has 39 heavy (non-hydrogen) atoms. The first-order valence-corrected chi connectivity index (χ1v) is 16.2. The van der Waals surface area contributed by atoms with Gasteiger partial charge in [0.2, 0.25) is 0 Å². The van der Waals surface area contributed by atoms with E-state index >= 15 is 0 Å². The molecule has 0 amide bonds. The number of carbonyl (C=O) groups is 1. The number of hydrogen-bond donors (Lipinski definition) is 0. The summed E-state index contributed by atoms with van der Waals surface area (Å²) in [6, 6.07) is 0. The number of ether oxygens (including phenoxy) is 3. The largest absolute Gasteiger partial charge is 0.469 e. The molecule has 5 unspecified atom stereocenters. The topological polar surface area (TPSA) is 44.8 Å². The molecule has 6 rings (SSSR count). The van der Waals surface area contributed by atoms with Crippen LogP contribution >= 0.6 is 0 Å². The summed E-state index contributed by atoms with van der Waals surface area (Å²) in [5.41, 5.74) is 1.94. The molecule has 1 saturated heterocycles. The summed E-state index contributed by atoms with van der Waals surface area (Å²) in [6.07, 6.45) is 12.0. The molecule has 0 bridgehead atoms. The first kappa shape index (κ1) is 28.3. The van der Waals surface area contributed by atoms with Gasteiger partial charge in [0.05, 0.1) is 25.2 Å². The molecule has 4 nitrogen and oxygen atoms in total. The van der Waals surface area contributed by atoms with Crippen molar-refractivity contribution in [3.05, 3.63) is 11.6 Å². The fourth-order valence-electron chi connectivity index (χ4n) is 12.5. The van der Waals surface area contributed by atoms with Crippen molar-refractivity contribution in [3.8, 4) is 0 Å². The minimum Gasteiger partial charge on any atom is -0.469 e. The maximum atomic E-state index is 13.5. The van der Waals surface area contributed by atoms with Gasteiger partial charge < -0.3 is 14.2 Å². The highest BCUT2D eigenvalue weighted by Crippen LogP contribution is 2.76. The second-order valence-electron chi connectivity index (χ2n) is 16.7. The van der Waals surface area contributed by atoms with Gasteiger partial charge in [-0.25, -0.2) is 0 Å². The Hall–Kier alpha value is -0.870. The normalized spacial score (nSPS) is 56.1. The minimum atomic E-state index is -0.493. The summed E-state index contributed by atoms with van der Waals surface area (Å²) < 4.78 is 18.7. The van der Waals surface area contributed by atoms with Crippen LogP contribution < -0.4 is 0 Å². The van der Waals surface area contributed by atoms with Crippen LogP contribution in [-0.4, -0.2) is 31.6 Å². The molecule has 4 heteroatoms. The Morgan fingerprint density at radius 2 is 1.62 bits per heavy atom. The number of allylic oxidation sites excluding steroid dienone is 2. The van der Waals surface area contributed by atoms with Crippen LogP contribution in [-0.2, 0) is 19.0 Å². The molecule has 5 aliphatic carbocycles. The second-order valence-corrected chi connectivity index (χ2v) is 16.7. The lowest BCUT2D eigenvalue weighted by Gasteiger charge is -2.73. The summed E-state index contributed by atoms with van der Waals surface area (Å²) in [7, 11) is 1.61. The van der Waals surface area contributed by atoms with E-state index in [1.165, 1.54) is 19.3 Å². The number of carbonyl (C=O) groups excluding carboxylic acids is 1. The van der Waals surface area contributed by atoms with E-state index in [1.807, 2.05) is 0 Å². The molecule has 0 N–H and O–H groups in total. The molecule has 0 spiro atoms. The molecule has 12 atom stereocenters. The van der Waals surface area contributed by atoms with Crippen LogP contribution in [0.3, 0.4) is 0 Å². The molecule has 220 valence electrons. The van der Waals surface area contributed by atoms with Gasteiger partial charge in [-0.1, -0.05) is 60.1 Å². The Labute approximate surface area is 238 Å². The number of methoxy groups -OCH3 is 1. The predicted octanol–water partition coefficient (Wildman–Crippen LogP) is 8.19. The average Bonchev–Trinajstić information content (AvgIpc) is 2.87. The van der Waals surface area contributed by atoms with Crippen LogP contribution in [0.5, 0.6) is 0 Å². The van der Waals surface area contributed by atoms with Crippen molar-refractivity contribution in [2.45, 2.75) is 126 Å².